The number of benzene rings is 1. The molecule has 0 fully saturated rings. The highest BCUT2D eigenvalue weighted by molar-refractivity contribution is 6.02. The maximum atomic E-state index is 11.2. The van der Waals surface area contributed by atoms with E-state index in [1.165, 1.54) is 0 Å². The monoisotopic (exact) mass is 330 g/mol. The van der Waals surface area contributed by atoms with E-state index in [9.17, 15) is 9.90 Å². The molecule has 1 atom stereocenters. The van der Waals surface area contributed by atoms with Crippen LogP contribution in [0.1, 0.15) is 26.7 Å². The van der Waals surface area contributed by atoms with Crippen LogP contribution in [0, 0.1) is 5.41 Å². The number of rotatable bonds is 3. The van der Waals surface area contributed by atoms with E-state index in [1.54, 1.807) is 7.11 Å². The van der Waals surface area contributed by atoms with Crippen molar-refractivity contribution in [2.75, 3.05) is 13.7 Å². The van der Waals surface area contributed by atoms with Gasteiger partial charge in [-0.05, 0) is 42.5 Å². The van der Waals surface area contributed by atoms with Crippen LogP contribution in [-0.2, 0) is 9.53 Å². The number of nitrogens with one attached hydrogen (secondary N) is 1. The molecule has 1 aromatic carbocycles. The molecule has 24 heavy (non-hydrogen) atoms. The normalized spacial score (nSPS) is 24.0. The lowest BCUT2D eigenvalue weighted by Gasteiger charge is -2.38. The van der Waals surface area contributed by atoms with Gasteiger partial charge in [-0.25, -0.2) is 9.79 Å². The van der Waals surface area contributed by atoms with E-state index in [2.05, 4.69) is 19.2 Å². The first kappa shape index (κ1) is 16.4. The maximum absolute atomic E-state index is 11.2. The molecule has 0 aromatic heterocycles. The molecule has 2 N–H and O–H groups in total. The fraction of sp³-hybridized carbons (Fsp3) is 0.444. The van der Waals surface area contributed by atoms with E-state index in [4.69, 9.17) is 14.5 Å². The number of aliphatic carboxylic acids is 1. The number of hydrogen-bond acceptors (Lipinski definition) is 5. The molecule has 0 radical (unpaired) electrons. The van der Waals surface area contributed by atoms with Crippen LogP contribution in [0.15, 0.2) is 40.7 Å². The third-order valence-electron chi connectivity index (χ3n) is 4.21. The molecular formula is C18H22N2O4. The summed E-state index contributed by atoms with van der Waals surface area (Å²) < 4.78 is 10.9. The van der Waals surface area contributed by atoms with Gasteiger partial charge in [-0.1, -0.05) is 13.8 Å². The lowest BCUT2D eigenvalue weighted by molar-refractivity contribution is -0.141. The fourth-order valence-corrected chi connectivity index (χ4v) is 3.07. The van der Waals surface area contributed by atoms with Crippen LogP contribution >= 0.6 is 0 Å². The number of carboxylic acid groups (broad SMARTS) is 1. The first-order chi connectivity index (χ1) is 11.4. The number of nitrogens with zero attached hydrogens (tertiary/aromatic N) is 1. The van der Waals surface area contributed by atoms with E-state index in [1.807, 2.05) is 24.3 Å². The Morgan fingerprint density at radius 2 is 2.04 bits per heavy atom. The molecule has 2 aliphatic rings. The second-order valence-corrected chi connectivity index (χ2v) is 6.93. The molecular weight excluding hydrogens is 308 g/mol. The average molecular weight is 330 g/mol. The molecule has 6 nitrogen and oxygen atoms in total. The smallest absolute Gasteiger partial charge is 0.329 e. The van der Waals surface area contributed by atoms with Gasteiger partial charge in [0.1, 0.15) is 12.4 Å². The Hall–Kier alpha value is -2.50. The summed E-state index contributed by atoms with van der Waals surface area (Å²) in [5.74, 6) is 0.573. The molecule has 3 rings (SSSR count). The van der Waals surface area contributed by atoms with Crippen molar-refractivity contribution in [1.82, 2.24) is 5.32 Å². The van der Waals surface area contributed by atoms with Gasteiger partial charge in [-0.3, -0.25) is 0 Å². The predicted octanol–water partition coefficient (Wildman–Crippen LogP) is 2.87. The third kappa shape index (κ3) is 3.37. The Balaban J connectivity index is 1.94. The van der Waals surface area contributed by atoms with Crippen molar-refractivity contribution in [3.63, 3.8) is 0 Å². The van der Waals surface area contributed by atoms with Gasteiger partial charge in [-0.2, -0.15) is 0 Å². The fourth-order valence-electron chi connectivity index (χ4n) is 3.07. The largest absolute Gasteiger partial charge is 0.497 e. The summed E-state index contributed by atoms with van der Waals surface area (Å²) in [6, 6.07) is 6.81. The number of allylic oxidation sites excluding steroid dienone is 2. The highest BCUT2D eigenvalue weighted by Crippen LogP contribution is 2.39. The summed E-state index contributed by atoms with van der Waals surface area (Å²) in [6.45, 7) is 4.40. The zero-order valence-electron chi connectivity index (χ0n) is 14.1. The summed E-state index contributed by atoms with van der Waals surface area (Å²) >= 11 is 0. The van der Waals surface area contributed by atoms with Crippen LogP contribution in [0.2, 0.25) is 0 Å². The molecule has 6 heteroatoms. The molecule has 0 amide bonds. The third-order valence-corrected chi connectivity index (χ3v) is 4.21. The highest BCUT2D eigenvalue weighted by atomic mass is 16.5. The van der Waals surface area contributed by atoms with Gasteiger partial charge in [0.05, 0.1) is 24.2 Å². The lowest BCUT2D eigenvalue weighted by Crippen LogP contribution is -2.47. The van der Waals surface area contributed by atoms with Gasteiger partial charge in [0.15, 0.2) is 11.8 Å². The van der Waals surface area contributed by atoms with Crippen molar-refractivity contribution < 1.29 is 19.4 Å². The van der Waals surface area contributed by atoms with Crippen molar-refractivity contribution in [3.05, 3.63) is 35.7 Å². The van der Waals surface area contributed by atoms with Gasteiger partial charge in [0, 0.05) is 0 Å². The van der Waals surface area contributed by atoms with Crippen LogP contribution in [0.3, 0.4) is 0 Å². The lowest BCUT2D eigenvalue weighted by atomic mass is 9.77. The van der Waals surface area contributed by atoms with E-state index >= 15 is 0 Å². The van der Waals surface area contributed by atoms with Crippen molar-refractivity contribution in [3.8, 4) is 5.75 Å². The van der Waals surface area contributed by atoms with Crippen LogP contribution in [0.25, 0.3) is 0 Å². The highest BCUT2D eigenvalue weighted by Gasteiger charge is 2.37. The van der Waals surface area contributed by atoms with Crippen LogP contribution < -0.4 is 10.1 Å². The second kappa shape index (κ2) is 6.19. The Morgan fingerprint density at radius 1 is 1.33 bits per heavy atom. The summed E-state index contributed by atoms with van der Waals surface area (Å²) in [5.41, 5.74) is 2.49. The van der Waals surface area contributed by atoms with Gasteiger partial charge >= 0.3 is 5.97 Å². The van der Waals surface area contributed by atoms with E-state index in [0.717, 1.165) is 35.7 Å². The number of hydrogen-bond donors (Lipinski definition) is 2. The van der Waals surface area contributed by atoms with Crippen LogP contribution in [0.5, 0.6) is 5.75 Å². The summed E-state index contributed by atoms with van der Waals surface area (Å²) in [5, 5.41) is 12.3. The summed E-state index contributed by atoms with van der Waals surface area (Å²) in [4.78, 5) is 16.0. The molecule has 1 unspecified atom stereocenters. The van der Waals surface area contributed by atoms with Crippen molar-refractivity contribution in [2.24, 2.45) is 10.4 Å². The molecule has 128 valence electrons. The van der Waals surface area contributed by atoms with Crippen molar-refractivity contribution in [1.29, 1.82) is 0 Å². The minimum absolute atomic E-state index is 0.0130. The minimum Gasteiger partial charge on any atom is -0.497 e. The van der Waals surface area contributed by atoms with Gasteiger partial charge in [0.25, 0.3) is 0 Å². The number of methoxy groups -OCH3 is 1. The molecule has 1 aromatic rings. The SMILES string of the molecule is COc1ccc(/N=C2\CC(C)(C)CC3=C2OCC(C(=O)O)N3)cc1. The second-order valence-electron chi connectivity index (χ2n) is 6.93. The Morgan fingerprint density at radius 3 is 2.67 bits per heavy atom. The van der Waals surface area contributed by atoms with Crippen molar-refractivity contribution in [2.45, 2.75) is 32.7 Å². The van der Waals surface area contributed by atoms with Gasteiger partial charge < -0.3 is 19.9 Å². The minimum atomic E-state index is -0.904. The Kier molecular flexibility index (Phi) is 4.22. The summed E-state index contributed by atoms with van der Waals surface area (Å²) in [6.07, 6.45) is 1.52. The number of carbonyl (C=O) groups is 1. The molecule has 1 aliphatic heterocycles. The van der Waals surface area contributed by atoms with E-state index in [0.29, 0.717) is 5.76 Å². The molecule has 1 heterocycles. The van der Waals surface area contributed by atoms with Gasteiger partial charge in [-0.15, -0.1) is 0 Å². The number of ether oxygens (including phenoxy) is 2. The standard InChI is InChI=1S/C18H22N2O4/c1-18(2)8-13(19-11-4-6-12(23-3)7-5-11)16-14(9-18)20-15(10-24-16)17(21)22/h4-7,15,20H,8-10H2,1-3H3,(H,21,22)/b19-13+. The number of carboxylic acids is 1. The Bertz CT molecular complexity index is 704. The average Bonchev–Trinajstić information content (AvgIpc) is 2.54. The molecule has 0 bridgehead atoms. The van der Waals surface area contributed by atoms with Crippen molar-refractivity contribution >= 4 is 17.4 Å². The predicted molar refractivity (Wildman–Crippen MR) is 90.6 cm³/mol. The molecule has 0 spiro atoms. The zero-order chi connectivity index (χ0) is 17.3. The quantitative estimate of drug-likeness (QED) is 0.891. The first-order valence-electron chi connectivity index (χ1n) is 7.95. The first-order valence-corrected chi connectivity index (χ1v) is 7.95. The number of aliphatic imine (C=N–C) groups is 1. The van der Waals surface area contributed by atoms with Gasteiger partial charge in [0.2, 0.25) is 0 Å². The van der Waals surface area contributed by atoms with Crippen LogP contribution in [-0.4, -0.2) is 36.5 Å². The van der Waals surface area contributed by atoms with Crippen LogP contribution in [0.4, 0.5) is 5.69 Å². The zero-order valence-corrected chi connectivity index (χ0v) is 14.1. The molecule has 1 aliphatic carbocycles. The Labute approximate surface area is 141 Å². The summed E-state index contributed by atoms with van der Waals surface area (Å²) in [7, 11) is 1.63. The molecule has 0 saturated carbocycles. The maximum Gasteiger partial charge on any atom is 0.329 e. The topological polar surface area (TPSA) is 80.2 Å². The molecule has 0 saturated heterocycles. The van der Waals surface area contributed by atoms with E-state index < -0.39 is 12.0 Å². The van der Waals surface area contributed by atoms with E-state index in [-0.39, 0.29) is 12.0 Å².